The SMILES string of the molecule is CC(C)CC[C@@H](O)CC(=O)N[C@@H](CO[C@H]1OC(CO)[C@H](O)[C@H](O)C1O)[C@H](O)CCC(C)C. The van der Waals surface area contributed by atoms with Crippen molar-refractivity contribution in [2.75, 3.05) is 13.2 Å². The Labute approximate surface area is 190 Å². The number of hydrogen-bond acceptors (Lipinski definition) is 9. The predicted octanol–water partition coefficient (Wildman–Crippen LogP) is -0.728. The molecule has 0 aromatic heterocycles. The molecule has 0 aromatic rings. The van der Waals surface area contributed by atoms with Crippen LogP contribution >= 0.6 is 0 Å². The Balaban J connectivity index is 2.73. The first-order valence-corrected chi connectivity index (χ1v) is 11.5. The van der Waals surface area contributed by atoms with Crippen LogP contribution in [0.3, 0.4) is 0 Å². The second-order valence-electron chi connectivity index (χ2n) is 9.57. The van der Waals surface area contributed by atoms with E-state index in [9.17, 15) is 35.4 Å². The third kappa shape index (κ3) is 9.96. The van der Waals surface area contributed by atoms with E-state index < -0.39 is 61.5 Å². The maximum absolute atomic E-state index is 12.4. The van der Waals surface area contributed by atoms with Gasteiger partial charge in [0.15, 0.2) is 6.29 Å². The molecule has 1 amide bonds. The molecule has 190 valence electrons. The van der Waals surface area contributed by atoms with Gasteiger partial charge >= 0.3 is 0 Å². The van der Waals surface area contributed by atoms with E-state index in [1.54, 1.807) is 0 Å². The third-order valence-corrected chi connectivity index (χ3v) is 5.64. The van der Waals surface area contributed by atoms with Crippen LogP contribution in [0.25, 0.3) is 0 Å². The lowest BCUT2D eigenvalue weighted by atomic mass is 9.99. The van der Waals surface area contributed by atoms with Crippen LogP contribution in [0.4, 0.5) is 0 Å². The monoisotopic (exact) mass is 465 g/mol. The second-order valence-corrected chi connectivity index (χ2v) is 9.57. The zero-order valence-electron chi connectivity index (χ0n) is 19.6. The van der Waals surface area contributed by atoms with Crippen LogP contribution in [-0.4, -0.2) is 98.7 Å². The molecule has 1 saturated heterocycles. The molecule has 7 N–H and O–H groups in total. The summed E-state index contributed by atoms with van der Waals surface area (Å²) in [5, 5.41) is 62.6. The molecule has 0 bridgehead atoms. The van der Waals surface area contributed by atoms with Gasteiger partial charge in [0, 0.05) is 0 Å². The standard InChI is InChI=1S/C22H43NO9/c1-12(2)5-7-14(25)9-18(27)23-15(16(26)8-6-13(3)4)11-31-22-21(30)20(29)19(28)17(10-24)32-22/h12-17,19-22,24-26,28-30H,5-11H2,1-4H3,(H,23,27)/t14-,15+,16-,17?,19+,20+,21?,22+/m1/s1. The number of nitrogens with one attached hydrogen (secondary N) is 1. The van der Waals surface area contributed by atoms with Crippen molar-refractivity contribution in [1.82, 2.24) is 5.32 Å². The highest BCUT2D eigenvalue weighted by atomic mass is 16.7. The van der Waals surface area contributed by atoms with Crippen LogP contribution in [-0.2, 0) is 14.3 Å². The smallest absolute Gasteiger partial charge is 0.222 e. The van der Waals surface area contributed by atoms with Gasteiger partial charge in [-0.3, -0.25) is 4.79 Å². The summed E-state index contributed by atoms with van der Waals surface area (Å²) in [6, 6.07) is -0.842. The van der Waals surface area contributed by atoms with Crippen molar-refractivity contribution >= 4 is 5.91 Å². The zero-order chi connectivity index (χ0) is 24.4. The van der Waals surface area contributed by atoms with E-state index in [4.69, 9.17) is 9.47 Å². The van der Waals surface area contributed by atoms with Crippen molar-refractivity contribution in [3.8, 4) is 0 Å². The highest BCUT2D eigenvalue weighted by Gasteiger charge is 2.44. The molecule has 0 radical (unpaired) electrons. The van der Waals surface area contributed by atoms with Gasteiger partial charge in [-0.05, 0) is 37.5 Å². The Morgan fingerprint density at radius 1 is 0.938 bits per heavy atom. The van der Waals surface area contributed by atoms with Crippen LogP contribution < -0.4 is 5.32 Å². The number of amides is 1. The van der Waals surface area contributed by atoms with Crippen LogP contribution in [0.1, 0.15) is 59.8 Å². The van der Waals surface area contributed by atoms with Gasteiger partial charge in [-0.15, -0.1) is 0 Å². The van der Waals surface area contributed by atoms with E-state index in [1.807, 2.05) is 27.7 Å². The van der Waals surface area contributed by atoms with Crippen molar-refractivity contribution < 1.29 is 44.9 Å². The molecule has 1 rings (SSSR count). The Hall–Kier alpha value is -0.850. The maximum Gasteiger partial charge on any atom is 0.222 e. The molecule has 10 nitrogen and oxygen atoms in total. The largest absolute Gasteiger partial charge is 0.394 e. The van der Waals surface area contributed by atoms with Gasteiger partial charge in [0.2, 0.25) is 5.91 Å². The molecular formula is C22H43NO9. The quantitative estimate of drug-likeness (QED) is 0.175. The highest BCUT2D eigenvalue weighted by Crippen LogP contribution is 2.22. The lowest BCUT2D eigenvalue weighted by Crippen LogP contribution is -2.60. The summed E-state index contributed by atoms with van der Waals surface area (Å²) < 4.78 is 10.8. The molecule has 1 fully saturated rings. The number of aliphatic hydroxyl groups is 6. The van der Waals surface area contributed by atoms with Crippen LogP contribution in [0.5, 0.6) is 0 Å². The Morgan fingerprint density at radius 2 is 1.53 bits per heavy atom. The molecule has 0 saturated carbocycles. The minimum absolute atomic E-state index is 0.111. The van der Waals surface area contributed by atoms with E-state index >= 15 is 0 Å². The fourth-order valence-corrected chi connectivity index (χ4v) is 3.47. The molecule has 32 heavy (non-hydrogen) atoms. The van der Waals surface area contributed by atoms with Gasteiger partial charge in [0.1, 0.15) is 24.4 Å². The summed E-state index contributed by atoms with van der Waals surface area (Å²) in [4.78, 5) is 12.4. The van der Waals surface area contributed by atoms with Crippen molar-refractivity contribution in [3.05, 3.63) is 0 Å². The molecule has 0 aliphatic carbocycles. The highest BCUT2D eigenvalue weighted by molar-refractivity contribution is 5.76. The molecule has 0 spiro atoms. The average Bonchev–Trinajstić information content (AvgIpc) is 2.72. The van der Waals surface area contributed by atoms with E-state index in [-0.39, 0.29) is 13.0 Å². The summed E-state index contributed by atoms with van der Waals surface area (Å²) in [5.41, 5.74) is 0. The fourth-order valence-electron chi connectivity index (χ4n) is 3.47. The Kier molecular flexibility index (Phi) is 13.2. The summed E-state index contributed by atoms with van der Waals surface area (Å²) in [7, 11) is 0. The van der Waals surface area contributed by atoms with Crippen LogP contribution in [0, 0.1) is 11.8 Å². The van der Waals surface area contributed by atoms with E-state index in [0.29, 0.717) is 31.1 Å². The Bertz CT molecular complexity index is 532. The number of hydrogen-bond donors (Lipinski definition) is 7. The minimum Gasteiger partial charge on any atom is -0.394 e. The molecule has 1 aliphatic heterocycles. The average molecular weight is 466 g/mol. The third-order valence-electron chi connectivity index (χ3n) is 5.64. The normalized spacial score (nSPS) is 29.2. The van der Waals surface area contributed by atoms with Crippen LogP contribution in [0.15, 0.2) is 0 Å². The molecule has 2 unspecified atom stereocenters. The molecule has 8 atom stereocenters. The first kappa shape index (κ1) is 29.2. The molecule has 10 heteroatoms. The minimum atomic E-state index is -1.58. The second kappa shape index (κ2) is 14.4. The van der Waals surface area contributed by atoms with Crippen molar-refractivity contribution in [2.24, 2.45) is 11.8 Å². The molecule has 0 aromatic carbocycles. The van der Waals surface area contributed by atoms with Crippen molar-refractivity contribution in [2.45, 2.75) is 109 Å². The topological polar surface area (TPSA) is 169 Å². The lowest BCUT2D eigenvalue weighted by Gasteiger charge is -2.40. The molecular weight excluding hydrogens is 422 g/mol. The van der Waals surface area contributed by atoms with Gasteiger partial charge in [0.25, 0.3) is 0 Å². The van der Waals surface area contributed by atoms with Crippen molar-refractivity contribution in [1.29, 1.82) is 0 Å². The van der Waals surface area contributed by atoms with Gasteiger partial charge in [-0.1, -0.05) is 27.7 Å². The number of carbonyl (C=O) groups excluding carboxylic acids is 1. The molecule has 1 heterocycles. The van der Waals surface area contributed by atoms with E-state index in [1.165, 1.54) is 0 Å². The van der Waals surface area contributed by atoms with Gasteiger partial charge in [-0.2, -0.15) is 0 Å². The summed E-state index contributed by atoms with van der Waals surface area (Å²) in [5.74, 6) is 0.308. The van der Waals surface area contributed by atoms with Gasteiger partial charge < -0.3 is 45.4 Å². The summed E-state index contributed by atoms with van der Waals surface area (Å²) in [6.45, 7) is 7.26. The van der Waals surface area contributed by atoms with Gasteiger partial charge in [0.05, 0.1) is 37.9 Å². The number of rotatable bonds is 14. The van der Waals surface area contributed by atoms with E-state index in [0.717, 1.165) is 6.42 Å². The van der Waals surface area contributed by atoms with Gasteiger partial charge in [-0.25, -0.2) is 0 Å². The van der Waals surface area contributed by atoms with Crippen LogP contribution in [0.2, 0.25) is 0 Å². The first-order valence-electron chi connectivity index (χ1n) is 11.5. The number of carbonyl (C=O) groups is 1. The number of aliphatic hydroxyl groups excluding tert-OH is 6. The summed E-state index contributed by atoms with van der Waals surface area (Å²) >= 11 is 0. The fraction of sp³-hybridized carbons (Fsp3) is 0.955. The van der Waals surface area contributed by atoms with Crippen molar-refractivity contribution in [3.63, 3.8) is 0 Å². The number of ether oxygens (including phenoxy) is 2. The maximum atomic E-state index is 12.4. The summed E-state index contributed by atoms with van der Waals surface area (Å²) in [6.07, 6.45) is -6.60. The zero-order valence-corrected chi connectivity index (χ0v) is 19.6. The Morgan fingerprint density at radius 3 is 2.09 bits per heavy atom. The lowest BCUT2D eigenvalue weighted by molar-refractivity contribution is -0.302. The first-order chi connectivity index (χ1) is 15.0. The molecule has 1 aliphatic rings. The van der Waals surface area contributed by atoms with E-state index in [2.05, 4.69) is 5.32 Å². The predicted molar refractivity (Wildman–Crippen MR) is 116 cm³/mol.